The van der Waals surface area contributed by atoms with Gasteiger partial charge in [0, 0.05) is 31.9 Å². The molecule has 0 N–H and O–H groups in total. The Labute approximate surface area is 172 Å². The number of ether oxygens (including phenoxy) is 1. The number of halogens is 2. The summed E-state index contributed by atoms with van der Waals surface area (Å²) in [6.45, 7) is 5.14. The fourth-order valence-corrected chi connectivity index (χ4v) is 4.21. The van der Waals surface area contributed by atoms with Crippen molar-refractivity contribution in [2.75, 3.05) is 38.6 Å². The van der Waals surface area contributed by atoms with Gasteiger partial charge in [0.25, 0.3) is 0 Å². The van der Waals surface area contributed by atoms with E-state index in [0.29, 0.717) is 16.9 Å². The van der Waals surface area contributed by atoms with E-state index in [9.17, 15) is 4.39 Å². The van der Waals surface area contributed by atoms with Gasteiger partial charge in [0.05, 0.1) is 24.8 Å². The van der Waals surface area contributed by atoms with E-state index >= 15 is 0 Å². The van der Waals surface area contributed by atoms with Crippen LogP contribution in [0.1, 0.15) is 5.56 Å². The van der Waals surface area contributed by atoms with Crippen molar-refractivity contribution in [3.63, 3.8) is 0 Å². The molecule has 0 unspecified atom stereocenters. The zero-order chi connectivity index (χ0) is 19.3. The SMILES string of the molecule is Fc1ccc(CCn2ncc3c(Cl)nc(SCCN4CCOCC4)nc32)cc1. The molecule has 0 saturated carbocycles. The summed E-state index contributed by atoms with van der Waals surface area (Å²) in [5, 5.41) is 6.24. The predicted molar refractivity (Wildman–Crippen MR) is 108 cm³/mol. The van der Waals surface area contributed by atoms with Crippen molar-refractivity contribution in [1.29, 1.82) is 0 Å². The summed E-state index contributed by atoms with van der Waals surface area (Å²) in [4.78, 5) is 11.5. The van der Waals surface area contributed by atoms with Gasteiger partial charge in [-0.2, -0.15) is 5.10 Å². The number of aromatic nitrogens is 4. The van der Waals surface area contributed by atoms with E-state index in [1.54, 1.807) is 30.1 Å². The highest BCUT2D eigenvalue weighted by Gasteiger charge is 2.14. The first-order valence-corrected chi connectivity index (χ1v) is 10.6. The molecule has 2 aromatic heterocycles. The lowest BCUT2D eigenvalue weighted by molar-refractivity contribution is 0.0410. The Balaban J connectivity index is 1.42. The van der Waals surface area contributed by atoms with Crippen molar-refractivity contribution in [3.05, 3.63) is 47.0 Å². The molecular weight excluding hydrogens is 401 g/mol. The predicted octanol–water partition coefficient (Wildman–Crippen LogP) is 3.29. The molecule has 3 aromatic rings. The van der Waals surface area contributed by atoms with Crippen molar-refractivity contribution < 1.29 is 9.13 Å². The minimum absolute atomic E-state index is 0.230. The second-order valence-electron chi connectivity index (χ2n) is 6.58. The molecule has 0 atom stereocenters. The van der Waals surface area contributed by atoms with Gasteiger partial charge < -0.3 is 4.74 Å². The summed E-state index contributed by atoms with van der Waals surface area (Å²) in [6.07, 6.45) is 2.43. The van der Waals surface area contributed by atoms with Crippen LogP contribution in [0.4, 0.5) is 4.39 Å². The Bertz CT molecular complexity index is 930. The zero-order valence-corrected chi connectivity index (χ0v) is 16.9. The molecule has 3 heterocycles. The van der Waals surface area contributed by atoms with E-state index in [4.69, 9.17) is 16.3 Å². The third-order valence-corrected chi connectivity index (χ3v) is 5.81. The lowest BCUT2D eigenvalue weighted by Gasteiger charge is -2.26. The fourth-order valence-electron chi connectivity index (χ4n) is 3.11. The summed E-state index contributed by atoms with van der Waals surface area (Å²) >= 11 is 7.95. The molecule has 0 aliphatic carbocycles. The molecule has 0 amide bonds. The van der Waals surface area contributed by atoms with Crippen LogP contribution in [0.2, 0.25) is 5.15 Å². The van der Waals surface area contributed by atoms with Gasteiger partial charge in [-0.3, -0.25) is 4.90 Å². The van der Waals surface area contributed by atoms with Gasteiger partial charge in [-0.1, -0.05) is 35.5 Å². The van der Waals surface area contributed by atoms with E-state index in [-0.39, 0.29) is 5.82 Å². The maximum atomic E-state index is 13.1. The molecule has 0 bridgehead atoms. The van der Waals surface area contributed by atoms with Crippen LogP contribution in [0.3, 0.4) is 0 Å². The van der Waals surface area contributed by atoms with Crippen molar-refractivity contribution >= 4 is 34.4 Å². The van der Waals surface area contributed by atoms with Crippen molar-refractivity contribution in [2.24, 2.45) is 0 Å². The molecule has 1 aliphatic heterocycles. The van der Waals surface area contributed by atoms with Gasteiger partial charge in [-0.25, -0.2) is 19.0 Å². The molecule has 9 heteroatoms. The van der Waals surface area contributed by atoms with Crippen LogP contribution >= 0.6 is 23.4 Å². The van der Waals surface area contributed by atoms with Crippen LogP contribution in [0.15, 0.2) is 35.6 Å². The lowest BCUT2D eigenvalue weighted by Crippen LogP contribution is -2.37. The zero-order valence-electron chi connectivity index (χ0n) is 15.4. The summed E-state index contributed by atoms with van der Waals surface area (Å²) < 4.78 is 20.3. The molecular formula is C19H21ClFN5OS. The lowest BCUT2D eigenvalue weighted by atomic mass is 10.1. The Kier molecular flexibility index (Phi) is 6.41. The molecule has 4 rings (SSSR count). The number of hydrogen-bond donors (Lipinski definition) is 0. The third-order valence-electron chi connectivity index (χ3n) is 4.70. The third kappa shape index (κ3) is 4.81. The van der Waals surface area contributed by atoms with Crippen LogP contribution in [0.25, 0.3) is 11.0 Å². The summed E-state index contributed by atoms with van der Waals surface area (Å²) in [7, 11) is 0. The van der Waals surface area contributed by atoms with Crippen LogP contribution < -0.4 is 0 Å². The van der Waals surface area contributed by atoms with Crippen LogP contribution in [-0.2, 0) is 17.7 Å². The van der Waals surface area contributed by atoms with E-state index in [1.165, 1.54) is 12.1 Å². The number of thioether (sulfide) groups is 1. The Hall–Kier alpha value is -1.74. The molecule has 1 aliphatic rings. The smallest absolute Gasteiger partial charge is 0.191 e. The second kappa shape index (κ2) is 9.17. The van der Waals surface area contributed by atoms with Crippen molar-refractivity contribution in [3.8, 4) is 0 Å². The molecule has 6 nitrogen and oxygen atoms in total. The average Bonchev–Trinajstić information content (AvgIpc) is 3.12. The molecule has 148 valence electrons. The Morgan fingerprint density at radius 3 is 2.68 bits per heavy atom. The largest absolute Gasteiger partial charge is 0.379 e. The maximum Gasteiger partial charge on any atom is 0.191 e. The highest BCUT2D eigenvalue weighted by atomic mass is 35.5. The summed E-state index contributed by atoms with van der Waals surface area (Å²) in [6, 6.07) is 6.52. The first-order valence-electron chi connectivity index (χ1n) is 9.25. The topological polar surface area (TPSA) is 56.1 Å². The average molecular weight is 422 g/mol. The molecule has 0 radical (unpaired) electrons. The maximum absolute atomic E-state index is 13.1. The summed E-state index contributed by atoms with van der Waals surface area (Å²) in [5.74, 6) is 0.664. The van der Waals surface area contributed by atoms with Gasteiger partial charge in [0.15, 0.2) is 10.8 Å². The van der Waals surface area contributed by atoms with Gasteiger partial charge in [-0.05, 0) is 24.1 Å². The Morgan fingerprint density at radius 1 is 1.11 bits per heavy atom. The number of benzene rings is 1. The molecule has 1 fully saturated rings. The van der Waals surface area contributed by atoms with Crippen LogP contribution in [0, 0.1) is 5.82 Å². The van der Waals surface area contributed by atoms with E-state index < -0.39 is 0 Å². The molecule has 0 spiro atoms. The van der Waals surface area contributed by atoms with Crippen molar-refractivity contribution in [2.45, 2.75) is 18.1 Å². The van der Waals surface area contributed by atoms with Gasteiger partial charge in [-0.15, -0.1) is 0 Å². The van der Waals surface area contributed by atoms with Crippen molar-refractivity contribution in [1.82, 2.24) is 24.6 Å². The number of hydrogen-bond acceptors (Lipinski definition) is 6. The van der Waals surface area contributed by atoms with Gasteiger partial charge >= 0.3 is 0 Å². The molecule has 1 aromatic carbocycles. The van der Waals surface area contributed by atoms with Crippen LogP contribution in [0.5, 0.6) is 0 Å². The van der Waals surface area contributed by atoms with E-state index in [1.807, 2.05) is 4.68 Å². The number of rotatable bonds is 7. The first kappa shape index (κ1) is 19.6. The van der Waals surface area contributed by atoms with E-state index in [2.05, 4.69) is 20.0 Å². The fraction of sp³-hybridized carbons (Fsp3) is 0.421. The standard InChI is InChI=1S/C19H21ClFN5OS/c20-17-16-13-22-26(6-5-14-1-3-15(21)4-2-14)18(16)24-19(23-17)28-12-9-25-7-10-27-11-8-25/h1-4,13H,5-12H2. The Morgan fingerprint density at radius 2 is 1.89 bits per heavy atom. The number of morpholine rings is 1. The number of nitrogens with zero attached hydrogens (tertiary/aromatic N) is 5. The highest BCUT2D eigenvalue weighted by Crippen LogP contribution is 2.24. The first-order chi connectivity index (χ1) is 13.7. The minimum atomic E-state index is -0.230. The van der Waals surface area contributed by atoms with Crippen LogP contribution in [-0.4, -0.2) is 63.2 Å². The van der Waals surface area contributed by atoms with Gasteiger partial charge in [0.2, 0.25) is 0 Å². The normalized spacial score (nSPS) is 15.4. The number of aryl methyl sites for hydroxylation is 2. The van der Waals surface area contributed by atoms with Gasteiger partial charge in [0.1, 0.15) is 11.0 Å². The monoisotopic (exact) mass is 421 g/mol. The summed E-state index contributed by atoms with van der Waals surface area (Å²) in [5.41, 5.74) is 1.78. The van der Waals surface area contributed by atoms with E-state index in [0.717, 1.165) is 61.6 Å². The molecule has 1 saturated heterocycles. The highest BCUT2D eigenvalue weighted by molar-refractivity contribution is 7.99. The second-order valence-corrected chi connectivity index (χ2v) is 8.00. The number of fused-ring (bicyclic) bond motifs is 1. The molecule has 28 heavy (non-hydrogen) atoms. The quantitative estimate of drug-likeness (QED) is 0.331. The minimum Gasteiger partial charge on any atom is -0.379 e.